The Morgan fingerprint density at radius 1 is 1.00 bits per heavy atom. The zero-order valence-electron chi connectivity index (χ0n) is 27.5. The largest absolute Gasteiger partial charge is 0.493 e. The number of carbonyl (C=O) groups is 1. The first-order chi connectivity index (χ1) is 23.2. The van der Waals surface area contributed by atoms with Crippen molar-refractivity contribution in [1.29, 1.82) is 0 Å². The Balaban J connectivity index is 1.65. The highest BCUT2D eigenvalue weighted by Gasteiger charge is 2.34. The first-order valence-corrected chi connectivity index (χ1v) is 16.6. The van der Waals surface area contributed by atoms with Gasteiger partial charge in [0.2, 0.25) is 0 Å². The summed E-state index contributed by atoms with van der Waals surface area (Å²) in [7, 11) is 3.08. The number of ether oxygens (including phenoxy) is 5. The van der Waals surface area contributed by atoms with Crippen molar-refractivity contribution in [3.05, 3.63) is 125 Å². The van der Waals surface area contributed by atoms with E-state index in [9.17, 15) is 9.59 Å². The number of aromatic nitrogens is 1. The third-order valence-corrected chi connectivity index (χ3v) is 9.04. The molecule has 4 aromatic rings. The summed E-state index contributed by atoms with van der Waals surface area (Å²) in [5.74, 6) is 1.55. The van der Waals surface area contributed by atoms with Crippen molar-refractivity contribution in [2.45, 2.75) is 39.8 Å². The predicted molar refractivity (Wildman–Crippen MR) is 187 cm³/mol. The summed E-state index contributed by atoms with van der Waals surface area (Å²) in [5, 5.41) is 0.612. The van der Waals surface area contributed by atoms with Crippen LogP contribution in [0, 0.1) is 0 Å². The zero-order valence-corrected chi connectivity index (χ0v) is 29.1. The molecule has 0 spiro atoms. The van der Waals surface area contributed by atoms with Crippen LogP contribution in [0.2, 0.25) is 5.02 Å². The molecule has 11 heteroatoms. The summed E-state index contributed by atoms with van der Waals surface area (Å²) >= 11 is 7.62. The Morgan fingerprint density at radius 2 is 1.77 bits per heavy atom. The zero-order chi connectivity index (χ0) is 34.4. The number of esters is 1. The van der Waals surface area contributed by atoms with Gasteiger partial charge in [-0.1, -0.05) is 53.3 Å². The Hall–Kier alpha value is -4.80. The van der Waals surface area contributed by atoms with Crippen molar-refractivity contribution in [3.8, 4) is 23.0 Å². The molecule has 1 aliphatic heterocycles. The quantitative estimate of drug-likeness (QED) is 0.122. The smallest absolute Gasteiger partial charge is 0.338 e. The van der Waals surface area contributed by atoms with Crippen LogP contribution in [-0.2, 0) is 22.6 Å². The molecule has 0 bridgehead atoms. The third kappa shape index (κ3) is 7.05. The minimum atomic E-state index is -0.807. The normalized spacial score (nSPS) is 14.2. The number of methoxy groups -OCH3 is 2. The summed E-state index contributed by atoms with van der Waals surface area (Å²) in [6, 6.07) is 15.8. The van der Waals surface area contributed by atoms with E-state index < -0.39 is 12.0 Å². The van der Waals surface area contributed by atoms with Gasteiger partial charge >= 0.3 is 5.97 Å². The van der Waals surface area contributed by atoms with E-state index >= 15 is 0 Å². The molecule has 0 fully saturated rings. The molecule has 250 valence electrons. The minimum absolute atomic E-state index is 0.173. The van der Waals surface area contributed by atoms with E-state index in [2.05, 4.69) is 11.6 Å². The van der Waals surface area contributed by atoms with Crippen molar-refractivity contribution < 1.29 is 28.5 Å². The van der Waals surface area contributed by atoms with E-state index in [1.54, 1.807) is 51.3 Å². The van der Waals surface area contributed by atoms with E-state index in [0.717, 1.165) is 16.7 Å². The maximum Gasteiger partial charge on any atom is 0.338 e. The van der Waals surface area contributed by atoms with Gasteiger partial charge in [0.1, 0.15) is 6.61 Å². The van der Waals surface area contributed by atoms with E-state index in [0.29, 0.717) is 61.6 Å². The lowest BCUT2D eigenvalue weighted by Gasteiger charge is -2.25. The summed E-state index contributed by atoms with van der Waals surface area (Å²) in [4.78, 5) is 32.7. The van der Waals surface area contributed by atoms with Crippen LogP contribution < -0.4 is 33.8 Å². The molecular weight excluding hydrogens is 652 g/mol. The molecule has 0 aliphatic carbocycles. The average Bonchev–Trinajstić information content (AvgIpc) is 3.37. The number of rotatable bonds is 13. The van der Waals surface area contributed by atoms with Gasteiger partial charge < -0.3 is 23.7 Å². The Morgan fingerprint density at radius 3 is 2.46 bits per heavy atom. The van der Waals surface area contributed by atoms with Crippen molar-refractivity contribution in [1.82, 2.24) is 4.57 Å². The highest BCUT2D eigenvalue weighted by atomic mass is 35.5. The molecule has 1 aliphatic rings. The van der Waals surface area contributed by atoms with Gasteiger partial charge in [0.05, 0.1) is 49.3 Å². The molecule has 5 rings (SSSR count). The highest BCUT2D eigenvalue weighted by Crippen LogP contribution is 2.37. The Kier molecular flexibility index (Phi) is 11.1. The maximum atomic E-state index is 14.3. The molecule has 0 unspecified atom stereocenters. The predicted octanol–water partition coefficient (Wildman–Crippen LogP) is 6.18. The lowest BCUT2D eigenvalue weighted by Crippen LogP contribution is -2.40. The maximum absolute atomic E-state index is 14.3. The van der Waals surface area contributed by atoms with E-state index in [-0.39, 0.29) is 24.3 Å². The number of allylic oxidation sites excluding steroid dienone is 2. The lowest BCUT2D eigenvalue weighted by atomic mass is 9.95. The number of fused-ring (bicyclic) bond motifs is 1. The molecule has 48 heavy (non-hydrogen) atoms. The molecule has 3 aromatic carbocycles. The van der Waals surface area contributed by atoms with Gasteiger partial charge in [-0.25, -0.2) is 9.79 Å². The van der Waals surface area contributed by atoms with Crippen molar-refractivity contribution >= 4 is 35.0 Å². The SMILES string of the molecule is C=CCc1cc(/C=c2/sc3n(c2=O)[C@H](c2ccc(OC)c(OC)c2)C(C(=O)OCC)=C(C)N=3)cc(OCC)c1OCc1ccccc1Cl. The average molecular weight is 689 g/mol. The molecule has 0 amide bonds. The Bertz CT molecular complexity index is 2060. The second-order valence-electron chi connectivity index (χ2n) is 10.7. The second kappa shape index (κ2) is 15.4. The number of carbonyl (C=O) groups excluding carboxylic acids is 1. The van der Waals surface area contributed by atoms with E-state index in [1.807, 2.05) is 43.3 Å². The van der Waals surface area contributed by atoms with Crippen molar-refractivity contribution in [2.75, 3.05) is 27.4 Å². The molecule has 1 aromatic heterocycles. The fourth-order valence-corrected chi connectivity index (χ4v) is 6.78. The van der Waals surface area contributed by atoms with Crippen molar-refractivity contribution in [3.63, 3.8) is 0 Å². The van der Waals surface area contributed by atoms with Crippen LogP contribution in [0.4, 0.5) is 0 Å². The summed E-state index contributed by atoms with van der Waals surface area (Å²) in [6.07, 6.45) is 4.09. The molecule has 9 nitrogen and oxygen atoms in total. The molecular formula is C37H37ClN2O7S. The fourth-order valence-electron chi connectivity index (χ4n) is 5.55. The van der Waals surface area contributed by atoms with Gasteiger partial charge in [-0.3, -0.25) is 9.36 Å². The van der Waals surface area contributed by atoms with Crippen LogP contribution in [0.1, 0.15) is 49.1 Å². The first kappa shape index (κ1) is 34.5. The molecule has 0 saturated carbocycles. The number of hydrogen-bond donors (Lipinski definition) is 0. The van der Waals surface area contributed by atoms with Gasteiger partial charge in [0.25, 0.3) is 5.56 Å². The molecule has 1 atom stereocenters. The number of thiazole rings is 1. The van der Waals surface area contributed by atoms with E-state index in [4.69, 9.17) is 35.3 Å². The van der Waals surface area contributed by atoms with Gasteiger partial charge in [-0.2, -0.15) is 0 Å². The Labute approximate surface area is 288 Å². The van der Waals surface area contributed by atoms with Crippen LogP contribution in [0.15, 0.2) is 88.3 Å². The lowest BCUT2D eigenvalue weighted by molar-refractivity contribution is -0.139. The summed E-state index contributed by atoms with van der Waals surface area (Å²) in [6.45, 7) is 10.1. The minimum Gasteiger partial charge on any atom is -0.493 e. The number of halogens is 1. The third-order valence-electron chi connectivity index (χ3n) is 7.69. The number of hydrogen-bond acceptors (Lipinski definition) is 9. The van der Waals surface area contributed by atoms with Gasteiger partial charge in [0, 0.05) is 16.1 Å². The van der Waals surface area contributed by atoms with E-state index in [1.165, 1.54) is 23.0 Å². The van der Waals surface area contributed by atoms with Gasteiger partial charge in [-0.05, 0) is 74.7 Å². The van der Waals surface area contributed by atoms with Crippen LogP contribution in [0.5, 0.6) is 23.0 Å². The van der Waals surface area contributed by atoms with Gasteiger partial charge in [-0.15, -0.1) is 6.58 Å². The fraction of sp³-hybridized carbons (Fsp3) is 0.270. The highest BCUT2D eigenvalue weighted by molar-refractivity contribution is 7.07. The molecule has 0 radical (unpaired) electrons. The number of nitrogens with zero attached hydrogens (tertiary/aromatic N) is 2. The second-order valence-corrected chi connectivity index (χ2v) is 12.1. The molecule has 0 saturated heterocycles. The first-order valence-electron chi connectivity index (χ1n) is 15.4. The molecule has 2 heterocycles. The summed E-state index contributed by atoms with van der Waals surface area (Å²) < 4.78 is 30.7. The summed E-state index contributed by atoms with van der Waals surface area (Å²) in [5.41, 5.74) is 3.49. The molecule has 0 N–H and O–H groups in total. The number of benzene rings is 3. The van der Waals surface area contributed by atoms with Crippen LogP contribution in [-0.4, -0.2) is 38.0 Å². The topological polar surface area (TPSA) is 97.6 Å². The standard InChI is InChI=1S/C37H37ClN2O7S/c1-7-12-25-17-23(18-30(45-8-2)34(25)47-21-26-13-10-11-14-27(26)38)19-31-35(41)40-33(24-15-16-28(43-5)29(20-24)44-6)32(36(42)46-9-3)22(4)39-37(40)48-31/h7,10-11,13-20,33H,1,8-9,12,21H2,2-6H3/b31-19+/t33-/m1/s1. The monoisotopic (exact) mass is 688 g/mol. The van der Waals surface area contributed by atoms with Crippen molar-refractivity contribution in [2.24, 2.45) is 4.99 Å². The van der Waals surface area contributed by atoms with Crippen LogP contribution >= 0.6 is 22.9 Å². The van der Waals surface area contributed by atoms with Crippen LogP contribution in [0.3, 0.4) is 0 Å². The van der Waals surface area contributed by atoms with Gasteiger partial charge in [0.15, 0.2) is 27.8 Å². The van der Waals surface area contributed by atoms with Crippen LogP contribution in [0.25, 0.3) is 6.08 Å².